The molecule has 0 radical (unpaired) electrons. The molecular formula is C18H24N4S. The molecule has 0 aliphatic carbocycles. The minimum atomic E-state index is 0.534. The number of aryl methyl sites for hydroxylation is 2. The van der Waals surface area contributed by atoms with Gasteiger partial charge in [-0.2, -0.15) is 5.10 Å². The molecular weight excluding hydrogens is 304 g/mol. The van der Waals surface area contributed by atoms with Crippen LogP contribution in [0.25, 0.3) is 5.69 Å². The lowest BCUT2D eigenvalue weighted by Crippen LogP contribution is -2.31. The fraction of sp³-hybridized carbons (Fsp3) is 0.333. The van der Waals surface area contributed by atoms with E-state index in [2.05, 4.69) is 72.4 Å². The van der Waals surface area contributed by atoms with Gasteiger partial charge >= 0.3 is 0 Å². The highest BCUT2D eigenvalue weighted by atomic mass is 32.1. The van der Waals surface area contributed by atoms with Gasteiger partial charge in [0.15, 0.2) is 5.11 Å². The second kappa shape index (κ2) is 7.42. The molecule has 0 bridgehead atoms. The molecule has 0 amide bonds. The lowest BCUT2D eigenvalue weighted by atomic mass is 10.1. The summed E-state index contributed by atoms with van der Waals surface area (Å²) in [4.78, 5) is 0. The van der Waals surface area contributed by atoms with E-state index in [0.717, 1.165) is 17.8 Å². The van der Waals surface area contributed by atoms with Crippen LogP contribution in [-0.2, 0) is 0 Å². The Kier molecular flexibility index (Phi) is 5.55. The molecule has 4 nitrogen and oxygen atoms in total. The number of hydrogen-bond acceptors (Lipinski definition) is 2. The fourth-order valence-electron chi connectivity index (χ4n) is 2.63. The van der Waals surface area contributed by atoms with E-state index in [0.29, 0.717) is 5.11 Å². The summed E-state index contributed by atoms with van der Waals surface area (Å²) in [7, 11) is 0. The molecule has 0 saturated heterocycles. The molecule has 0 unspecified atom stereocenters. The van der Waals surface area contributed by atoms with Crippen molar-refractivity contribution in [3.63, 3.8) is 0 Å². The van der Waals surface area contributed by atoms with Crippen molar-refractivity contribution in [2.75, 3.05) is 6.54 Å². The maximum absolute atomic E-state index is 5.10. The Morgan fingerprint density at radius 1 is 1.26 bits per heavy atom. The zero-order valence-electron chi connectivity index (χ0n) is 14.4. The van der Waals surface area contributed by atoms with E-state index in [1.54, 1.807) is 0 Å². The summed E-state index contributed by atoms with van der Waals surface area (Å²) < 4.78 is 2.27. The molecule has 23 heavy (non-hydrogen) atoms. The summed E-state index contributed by atoms with van der Waals surface area (Å²) in [6, 6.07) is 8.53. The van der Waals surface area contributed by atoms with E-state index in [1.165, 1.54) is 22.5 Å². The first-order valence-corrected chi connectivity index (χ1v) is 8.19. The average Bonchev–Trinajstić information content (AvgIpc) is 2.77. The van der Waals surface area contributed by atoms with Crippen molar-refractivity contribution < 1.29 is 0 Å². The average molecular weight is 328 g/mol. The van der Waals surface area contributed by atoms with Gasteiger partial charge in [-0.1, -0.05) is 12.1 Å². The number of nitrogens with one attached hydrogen (secondary N) is 2. The third-order valence-corrected chi connectivity index (χ3v) is 4.23. The second-order valence-corrected chi connectivity index (χ2v) is 6.02. The predicted octanol–water partition coefficient (Wildman–Crippen LogP) is 3.53. The van der Waals surface area contributed by atoms with Gasteiger partial charge in [0.1, 0.15) is 0 Å². The van der Waals surface area contributed by atoms with E-state index in [4.69, 9.17) is 12.2 Å². The first kappa shape index (κ1) is 17.2. The van der Waals surface area contributed by atoms with E-state index in [1.807, 2.05) is 13.1 Å². The van der Waals surface area contributed by atoms with E-state index in [9.17, 15) is 0 Å². The number of thiocarbonyl (C=S) groups is 1. The number of aromatic nitrogens is 1. The van der Waals surface area contributed by atoms with Crippen LogP contribution in [-0.4, -0.2) is 22.4 Å². The van der Waals surface area contributed by atoms with E-state index in [-0.39, 0.29) is 0 Å². The molecule has 0 spiro atoms. The Balaban J connectivity index is 2.31. The normalized spacial score (nSPS) is 11.0. The lowest BCUT2D eigenvalue weighted by Gasteiger charge is -2.14. The van der Waals surface area contributed by atoms with Gasteiger partial charge in [0.05, 0.1) is 6.21 Å². The van der Waals surface area contributed by atoms with Crippen LogP contribution in [0, 0.1) is 27.7 Å². The molecule has 1 heterocycles. The largest absolute Gasteiger partial charge is 0.362 e. The molecule has 1 aromatic carbocycles. The van der Waals surface area contributed by atoms with E-state index >= 15 is 0 Å². The molecule has 2 rings (SSSR count). The molecule has 0 atom stereocenters. The summed E-state index contributed by atoms with van der Waals surface area (Å²) in [6.07, 6.45) is 1.81. The summed E-state index contributed by atoms with van der Waals surface area (Å²) in [5, 5.41) is 7.76. The molecule has 0 aliphatic heterocycles. The van der Waals surface area contributed by atoms with Crippen LogP contribution >= 0.6 is 12.2 Å². The highest BCUT2D eigenvalue weighted by Gasteiger charge is 2.11. The summed E-state index contributed by atoms with van der Waals surface area (Å²) in [5.41, 5.74) is 10.1. The number of hydrogen-bond donors (Lipinski definition) is 2. The monoisotopic (exact) mass is 328 g/mol. The summed E-state index contributed by atoms with van der Waals surface area (Å²) in [6.45, 7) is 11.3. The zero-order chi connectivity index (χ0) is 17.0. The summed E-state index contributed by atoms with van der Waals surface area (Å²) in [5.74, 6) is 0. The smallest absolute Gasteiger partial charge is 0.186 e. The molecule has 0 fully saturated rings. The molecule has 2 N–H and O–H groups in total. The second-order valence-electron chi connectivity index (χ2n) is 5.61. The van der Waals surface area contributed by atoms with Gasteiger partial charge in [0.25, 0.3) is 0 Å². The maximum atomic E-state index is 5.10. The van der Waals surface area contributed by atoms with Crippen molar-refractivity contribution >= 4 is 23.5 Å². The Morgan fingerprint density at radius 3 is 2.70 bits per heavy atom. The van der Waals surface area contributed by atoms with Gasteiger partial charge < -0.3 is 9.88 Å². The van der Waals surface area contributed by atoms with Crippen LogP contribution < -0.4 is 10.7 Å². The Bertz CT molecular complexity index is 744. The quantitative estimate of drug-likeness (QED) is 0.512. The van der Waals surface area contributed by atoms with Crippen LogP contribution in [0.2, 0.25) is 0 Å². The highest BCUT2D eigenvalue weighted by molar-refractivity contribution is 7.80. The fourth-order valence-corrected chi connectivity index (χ4v) is 2.82. The van der Waals surface area contributed by atoms with Crippen molar-refractivity contribution in [2.24, 2.45) is 5.10 Å². The van der Waals surface area contributed by atoms with Crippen molar-refractivity contribution in [2.45, 2.75) is 34.6 Å². The number of nitrogens with zero attached hydrogens (tertiary/aromatic N) is 2. The van der Waals surface area contributed by atoms with Crippen molar-refractivity contribution in [1.29, 1.82) is 0 Å². The Hall–Kier alpha value is -2.14. The topological polar surface area (TPSA) is 41.4 Å². The minimum absolute atomic E-state index is 0.534. The van der Waals surface area contributed by atoms with E-state index < -0.39 is 0 Å². The highest BCUT2D eigenvalue weighted by Crippen LogP contribution is 2.24. The Labute approximate surface area is 143 Å². The van der Waals surface area contributed by atoms with Gasteiger partial charge in [-0.15, -0.1) is 0 Å². The Morgan fingerprint density at radius 2 is 2.00 bits per heavy atom. The standard InChI is InChI=1S/C18H24N4S/c1-6-19-18(23)21-20-11-16-10-13(3)22(15(16)5)17-9-7-8-12(2)14(17)4/h7-11H,6H2,1-5H3,(H2,19,21,23). The van der Waals surface area contributed by atoms with Crippen LogP contribution in [0.5, 0.6) is 0 Å². The van der Waals surface area contributed by atoms with Crippen LogP contribution in [0.1, 0.15) is 35.0 Å². The van der Waals surface area contributed by atoms with Crippen LogP contribution in [0.3, 0.4) is 0 Å². The maximum Gasteiger partial charge on any atom is 0.186 e. The summed E-state index contributed by atoms with van der Waals surface area (Å²) >= 11 is 5.10. The third-order valence-electron chi connectivity index (χ3n) is 3.99. The molecule has 5 heteroatoms. The SMILES string of the molecule is CCNC(=S)NN=Cc1cc(C)n(-c2cccc(C)c2C)c1C. The van der Waals surface area contributed by atoms with Gasteiger partial charge in [0.2, 0.25) is 0 Å². The predicted molar refractivity (Wildman–Crippen MR) is 102 cm³/mol. The lowest BCUT2D eigenvalue weighted by molar-refractivity contribution is 0.903. The number of benzene rings is 1. The van der Waals surface area contributed by atoms with Gasteiger partial charge in [-0.25, -0.2) is 0 Å². The zero-order valence-corrected chi connectivity index (χ0v) is 15.2. The van der Waals surface area contributed by atoms with Crippen molar-refractivity contribution in [3.8, 4) is 5.69 Å². The number of rotatable bonds is 4. The molecule has 1 aromatic heterocycles. The van der Waals surface area contributed by atoms with Crippen LogP contribution in [0.15, 0.2) is 29.4 Å². The minimum Gasteiger partial charge on any atom is -0.362 e. The van der Waals surface area contributed by atoms with Gasteiger partial charge in [0, 0.05) is 29.2 Å². The van der Waals surface area contributed by atoms with Crippen LogP contribution in [0.4, 0.5) is 0 Å². The van der Waals surface area contributed by atoms with Crippen molar-refractivity contribution in [1.82, 2.24) is 15.3 Å². The molecule has 2 aromatic rings. The molecule has 0 aliphatic rings. The molecule has 0 saturated carbocycles. The van der Waals surface area contributed by atoms with Gasteiger partial charge in [-0.05, 0) is 70.1 Å². The first-order valence-electron chi connectivity index (χ1n) is 7.78. The van der Waals surface area contributed by atoms with Crippen molar-refractivity contribution in [3.05, 3.63) is 52.3 Å². The van der Waals surface area contributed by atoms with Gasteiger partial charge in [-0.3, -0.25) is 5.43 Å². The number of hydrazone groups is 1. The molecule has 122 valence electrons. The third kappa shape index (κ3) is 3.79. The first-order chi connectivity index (χ1) is 11.0.